The number of sulfonamides is 1. The zero-order valence-corrected chi connectivity index (χ0v) is 12.6. The van der Waals surface area contributed by atoms with Gasteiger partial charge in [-0.2, -0.15) is 5.26 Å². The number of rotatable bonds is 3. The number of ether oxygens (including phenoxy) is 1. The number of benzene rings is 2. The van der Waals surface area contributed by atoms with Gasteiger partial charge in [-0.05, 0) is 36.6 Å². The second-order valence-electron chi connectivity index (χ2n) is 4.96. The average Bonchev–Trinajstić information content (AvgIpc) is 2.55. The molecule has 3 rings (SSSR count). The Labute approximate surface area is 129 Å². The summed E-state index contributed by atoms with van der Waals surface area (Å²) in [6.45, 7) is 0.570. The Morgan fingerprint density at radius 1 is 1.14 bits per heavy atom. The summed E-state index contributed by atoms with van der Waals surface area (Å²) in [5.74, 6) is 0.576. The Bertz CT molecular complexity index is 854. The third kappa shape index (κ3) is 2.63. The highest BCUT2D eigenvalue weighted by atomic mass is 32.2. The maximum atomic E-state index is 12.5. The highest BCUT2D eigenvalue weighted by Crippen LogP contribution is 2.34. The van der Waals surface area contributed by atoms with Gasteiger partial charge in [-0.15, -0.1) is 0 Å². The fourth-order valence-corrected chi connectivity index (χ4v) is 3.68. The summed E-state index contributed by atoms with van der Waals surface area (Å²) >= 11 is 0. The van der Waals surface area contributed by atoms with Gasteiger partial charge in [-0.25, -0.2) is 8.42 Å². The van der Waals surface area contributed by atoms with Crippen LogP contribution < -0.4 is 9.46 Å². The summed E-state index contributed by atoms with van der Waals surface area (Å²) < 4.78 is 33.2. The lowest BCUT2D eigenvalue weighted by Gasteiger charge is -2.21. The van der Waals surface area contributed by atoms with Crippen LogP contribution in [-0.2, 0) is 16.4 Å². The number of para-hydroxylation sites is 1. The highest BCUT2D eigenvalue weighted by molar-refractivity contribution is 7.92. The van der Waals surface area contributed by atoms with Crippen molar-refractivity contribution in [2.24, 2.45) is 0 Å². The molecule has 6 heteroatoms. The van der Waals surface area contributed by atoms with Crippen molar-refractivity contribution in [1.82, 2.24) is 0 Å². The third-order valence-corrected chi connectivity index (χ3v) is 4.90. The quantitative estimate of drug-likeness (QED) is 0.944. The van der Waals surface area contributed by atoms with E-state index in [0.717, 1.165) is 18.4 Å². The zero-order chi connectivity index (χ0) is 15.6. The molecule has 0 spiro atoms. The Morgan fingerprint density at radius 2 is 1.95 bits per heavy atom. The molecule has 0 aliphatic carbocycles. The lowest BCUT2D eigenvalue weighted by molar-refractivity contribution is 0.290. The van der Waals surface area contributed by atoms with Crippen LogP contribution in [0.25, 0.3) is 0 Å². The van der Waals surface area contributed by atoms with Crippen LogP contribution in [0, 0.1) is 11.3 Å². The topological polar surface area (TPSA) is 79.2 Å². The number of anilines is 1. The molecule has 1 aliphatic heterocycles. The van der Waals surface area contributed by atoms with E-state index >= 15 is 0 Å². The second kappa shape index (κ2) is 5.70. The minimum atomic E-state index is -3.84. The first-order chi connectivity index (χ1) is 10.6. The van der Waals surface area contributed by atoms with Crippen LogP contribution in [-0.4, -0.2) is 15.0 Å². The van der Waals surface area contributed by atoms with Gasteiger partial charge in [0.2, 0.25) is 0 Å². The van der Waals surface area contributed by atoms with Crippen LogP contribution in [0.3, 0.4) is 0 Å². The summed E-state index contributed by atoms with van der Waals surface area (Å²) in [5, 5.41) is 9.07. The van der Waals surface area contributed by atoms with Gasteiger partial charge in [0.05, 0.1) is 17.9 Å². The molecule has 5 nitrogen and oxygen atoms in total. The molecule has 1 N–H and O–H groups in total. The summed E-state index contributed by atoms with van der Waals surface area (Å²) in [6, 6.07) is 13.4. The zero-order valence-electron chi connectivity index (χ0n) is 11.7. The molecule has 0 bridgehead atoms. The smallest absolute Gasteiger partial charge is 0.263 e. The monoisotopic (exact) mass is 314 g/mol. The van der Waals surface area contributed by atoms with Crippen molar-refractivity contribution < 1.29 is 13.2 Å². The van der Waals surface area contributed by atoms with Crippen LogP contribution in [0.5, 0.6) is 5.75 Å². The normalized spacial score (nSPS) is 13.6. The van der Waals surface area contributed by atoms with E-state index in [9.17, 15) is 8.42 Å². The molecule has 0 saturated heterocycles. The number of nitrogens with one attached hydrogen (secondary N) is 1. The van der Waals surface area contributed by atoms with E-state index in [1.165, 1.54) is 12.1 Å². The number of fused-ring (bicyclic) bond motifs is 1. The number of aryl methyl sites for hydroxylation is 1. The van der Waals surface area contributed by atoms with E-state index < -0.39 is 10.0 Å². The van der Waals surface area contributed by atoms with Gasteiger partial charge in [0, 0.05) is 0 Å². The summed E-state index contributed by atoms with van der Waals surface area (Å²) in [5.41, 5.74) is 1.51. The SMILES string of the molecule is N#Cc1ccccc1S(=O)(=O)Nc1cccc2c1OCCC2. The lowest BCUT2D eigenvalue weighted by atomic mass is 10.1. The molecule has 0 atom stereocenters. The maximum Gasteiger partial charge on any atom is 0.263 e. The van der Waals surface area contributed by atoms with Gasteiger partial charge < -0.3 is 4.74 Å². The predicted octanol–water partition coefficient (Wildman–Crippen LogP) is 2.68. The molecule has 0 saturated carbocycles. The highest BCUT2D eigenvalue weighted by Gasteiger charge is 2.22. The fourth-order valence-electron chi connectivity index (χ4n) is 2.46. The van der Waals surface area contributed by atoms with Gasteiger partial charge in [-0.3, -0.25) is 4.72 Å². The average molecular weight is 314 g/mol. The van der Waals surface area contributed by atoms with E-state index in [0.29, 0.717) is 18.0 Å². The maximum absolute atomic E-state index is 12.5. The molecule has 0 radical (unpaired) electrons. The van der Waals surface area contributed by atoms with Gasteiger partial charge in [0.1, 0.15) is 16.7 Å². The molecular formula is C16H14N2O3S. The van der Waals surface area contributed by atoms with Crippen LogP contribution in [0.2, 0.25) is 0 Å². The third-order valence-electron chi connectivity index (χ3n) is 3.47. The number of nitriles is 1. The first kappa shape index (κ1) is 14.4. The molecule has 0 unspecified atom stereocenters. The Balaban J connectivity index is 2.01. The van der Waals surface area contributed by atoms with Crippen LogP contribution in [0.15, 0.2) is 47.4 Å². The van der Waals surface area contributed by atoms with E-state index in [2.05, 4.69) is 4.72 Å². The lowest BCUT2D eigenvalue weighted by Crippen LogP contribution is -2.17. The van der Waals surface area contributed by atoms with Gasteiger partial charge in [-0.1, -0.05) is 24.3 Å². The van der Waals surface area contributed by atoms with Crippen LogP contribution in [0.4, 0.5) is 5.69 Å². The molecule has 2 aromatic rings. The van der Waals surface area contributed by atoms with Crippen molar-refractivity contribution in [3.8, 4) is 11.8 Å². The first-order valence-electron chi connectivity index (χ1n) is 6.88. The van der Waals surface area contributed by atoms with Gasteiger partial charge >= 0.3 is 0 Å². The molecule has 22 heavy (non-hydrogen) atoms. The Kier molecular flexibility index (Phi) is 3.73. The second-order valence-corrected chi connectivity index (χ2v) is 6.61. The largest absolute Gasteiger partial charge is 0.491 e. The van der Waals surface area contributed by atoms with Gasteiger partial charge in [0.25, 0.3) is 10.0 Å². The number of hydrogen-bond acceptors (Lipinski definition) is 4. The molecule has 0 aromatic heterocycles. The van der Waals surface area contributed by atoms with E-state index in [4.69, 9.17) is 10.00 Å². The predicted molar refractivity (Wildman–Crippen MR) is 82.2 cm³/mol. The number of hydrogen-bond donors (Lipinski definition) is 1. The van der Waals surface area contributed by atoms with Crippen molar-refractivity contribution in [3.63, 3.8) is 0 Å². The van der Waals surface area contributed by atoms with Crippen molar-refractivity contribution in [2.45, 2.75) is 17.7 Å². The number of nitrogens with zero attached hydrogens (tertiary/aromatic N) is 1. The van der Waals surface area contributed by atoms with Crippen molar-refractivity contribution in [3.05, 3.63) is 53.6 Å². The molecule has 1 aliphatic rings. The van der Waals surface area contributed by atoms with E-state index in [-0.39, 0.29) is 10.5 Å². The minimum absolute atomic E-state index is 0.0362. The molecule has 1 heterocycles. The minimum Gasteiger partial charge on any atom is -0.491 e. The summed E-state index contributed by atoms with van der Waals surface area (Å²) in [4.78, 5) is -0.0362. The Hall–Kier alpha value is -2.52. The summed E-state index contributed by atoms with van der Waals surface area (Å²) in [7, 11) is -3.84. The van der Waals surface area contributed by atoms with Crippen LogP contribution in [0.1, 0.15) is 17.5 Å². The van der Waals surface area contributed by atoms with Crippen molar-refractivity contribution in [2.75, 3.05) is 11.3 Å². The van der Waals surface area contributed by atoms with E-state index in [1.807, 2.05) is 12.1 Å². The molecule has 112 valence electrons. The standard InChI is InChI=1S/C16H14N2O3S/c17-11-13-5-1-2-9-15(13)22(19,20)18-14-8-3-6-12-7-4-10-21-16(12)14/h1-3,5-6,8-9,18H,4,7,10H2. The molecule has 0 amide bonds. The summed E-state index contributed by atoms with van der Waals surface area (Å²) in [6.07, 6.45) is 1.78. The Morgan fingerprint density at radius 3 is 2.77 bits per heavy atom. The fraction of sp³-hybridized carbons (Fsp3) is 0.188. The van der Waals surface area contributed by atoms with Crippen molar-refractivity contribution in [1.29, 1.82) is 5.26 Å². The van der Waals surface area contributed by atoms with Gasteiger partial charge in [0.15, 0.2) is 0 Å². The molecule has 0 fully saturated rings. The molecular weight excluding hydrogens is 300 g/mol. The van der Waals surface area contributed by atoms with Crippen LogP contribution >= 0.6 is 0 Å². The van der Waals surface area contributed by atoms with Crippen molar-refractivity contribution >= 4 is 15.7 Å². The molecule has 2 aromatic carbocycles. The van der Waals surface area contributed by atoms with E-state index in [1.54, 1.807) is 24.3 Å². The first-order valence-corrected chi connectivity index (χ1v) is 8.37.